The number of hydrogen-bond donors (Lipinski definition) is 1. The van der Waals surface area contributed by atoms with Crippen LogP contribution in [0.2, 0.25) is 0 Å². The van der Waals surface area contributed by atoms with Gasteiger partial charge >= 0.3 is 0 Å². The maximum atomic E-state index is 12.2. The minimum absolute atomic E-state index is 0.0329. The van der Waals surface area contributed by atoms with E-state index in [-0.39, 0.29) is 25.0 Å². The number of carbonyl (C=O) groups is 1. The normalized spacial score (nSPS) is 16.7. The molecule has 1 aliphatic carbocycles. The smallest absolute Gasteiger partial charge is 0.252 e. The number of amides is 1. The lowest BCUT2D eigenvalue weighted by Crippen LogP contribution is -2.26. The Morgan fingerprint density at radius 2 is 2.14 bits per heavy atom. The predicted molar refractivity (Wildman–Crippen MR) is 79.4 cm³/mol. The highest BCUT2D eigenvalue weighted by molar-refractivity contribution is 6.05. The van der Waals surface area contributed by atoms with Crippen LogP contribution in [0, 0.1) is 5.92 Å². The molecule has 0 bridgehead atoms. The molecule has 0 unspecified atom stereocenters. The van der Waals surface area contributed by atoms with Crippen molar-refractivity contribution < 1.29 is 14.1 Å². The van der Waals surface area contributed by atoms with Gasteiger partial charge in [0.25, 0.3) is 5.89 Å². The summed E-state index contributed by atoms with van der Waals surface area (Å²) in [7, 11) is 1.55. The van der Waals surface area contributed by atoms with Gasteiger partial charge in [-0.1, -0.05) is 41.1 Å². The molecular formula is C16H17N3O3. The summed E-state index contributed by atoms with van der Waals surface area (Å²) in [5.74, 6) is 0.666. The van der Waals surface area contributed by atoms with E-state index in [2.05, 4.69) is 15.5 Å². The lowest BCUT2D eigenvalue weighted by molar-refractivity contribution is -0.121. The molecule has 1 atom stereocenters. The van der Waals surface area contributed by atoms with Gasteiger partial charge in [-0.15, -0.1) is 0 Å². The van der Waals surface area contributed by atoms with Crippen molar-refractivity contribution in [3.05, 3.63) is 53.2 Å². The van der Waals surface area contributed by atoms with Gasteiger partial charge < -0.3 is 14.6 Å². The van der Waals surface area contributed by atoms with E-state index in [9.17, 15) is 4.79 Å². The number of rotatable bonds is 6. The number of ether oxygens (including phenoxy) is 1. The molecule has 1 amide bonds. The highest BCUT2D eigenvalue weighted by atomic mass is 16.5. The van der Waals surface area contributed by atoms with E-state index >= 15 is 0 Å². The van der Waals surface area contributed by atoms with Gasteiger partial charge in [-0.3, -0.25) is 4.79 Å². The number of carbonyl (C=O) groups excluding carboxylic acids is 1. The van der Waals surface area contributed by atoms with Gasteiger partial charge in [0.1, 0.15) is 6.61 Å². The largest absolute Gasteiger partial charge is 0.375 e. The van der Waals surface area contributed by atoms with Crippen molar-refractivity contribution in [2.45, 2.75) is 20.1 Å². The maximum Gasteiger partial charge on any atom is 0.252 e. The molecule has 1 N–H and O–H groups in total. The summed E-state index contributed by atoms with van der Waals surface area (Å²) in [6.07, 6.45) is 0. The molecule has 1 heterocycles. The van der Waals surface area contributed by atoms with Gasteiger partial charge in [0.15, 0.2) is 5.82 Å². The number of nitrogens with one attached hydrogen (secondary N) is 1. The Morgan fingerprint density at radius 1 is 1.36 bits per heavy atom. The van der Waals surface area contributed by atoms with E-state index in [0.717, 1.165) is 16.7 Å². The van der Waals surface area contributed by atoms with Crippen LogP contribution in [0.15, 0.2) is 40.4 Å². The summed E-state index contributed by atoms with van der Waals surface area (Å²) >= 11 is 0. The van der Waals surface area contributed by atoms with E-state index in [1.807, 2.05) is 37.3 Å². The highest BCUT2D eigenvalue weighted by Crippen LogP contribution is 2.46. The summed E-state index contributed by atoms with van der Waals surface area (Å²) in [6, 6.07) is 9.94. The number of aromatic nitrogens is 2. The first-order valence-electron chi connectivity index (χ1n) is 7.05. The van der Waals surface area contributed by atoms with Gasteiger partial charge in [-0.05, 0) is 18.1 Å². The van der Waals surface area contributed by atoms with Crippen molar-refractivity contribution in [2.24, 2.45) is 5.92 Å². The molecular weight excluding hydrogens is 282 g/mol. The second-order valence-electron chi connectivity index (χ2n) is 5.15. The predicted octanol–water partition coefficient (Wildman–Crippen LogP) is 1.94. The van der Waals surface area contributed by atoms with E-state index in [1.54, 1.807) is 7.11 Å². The third-order valence-corrected chi connectivity index (χ3v) is 3.61. The second kappa shape index (κ2) is 6.11. The maximum absolute atomic E-state index is 12.2. The molecule has 22 heavy (non-hydrogen) atoms. The molecule has 0 aliphatic heterocycles. The SMILES string of the molecule is COCc1nc(CNC(=O)[C@H]2C(C)=C2c2ccccc2)no1. The molecule has 6 nitrogen and oxygen atoms in total. The van der Waals surface area contributed by atoms with Crippen LogP contribution in [0.3, 0.4) is 0 Å². The van der Waals surface area contributed by atoms with Crippen molar-refractivity contribution in [2.75, 3.05) is 7.11 Å². The van der Waals surface area contributed by atoms with Crippen LogP contribution in [0.25, 0.3) is 5.57 Å². The molecule has 0 saturated carbocycles. The third kappa shape index (κ3) is 2.92. The van der Waals surface area contributed by atoms with Crippen molar-refractivity contribution in [3.63, 3.8) is 0 Å². The quantitative estimate of drug-likeness (QED) is 0.882. The van der Waals surface area contributed by atoms with E-state index in [1.165, 1.54) is 0 Å². The van der Waals surface area contributed by atoms with Crippen LogP contribution in [-0.4, -0.2) is 23.2 Å². The second-order valence-corrected chi connectivity index (χ2v) is 5.15. The standard InChI is InChI=1S/C16H17N3O3/c1-10-14(11-6-4-3-5-7-11)15(10)16(20)17-8-12-18-13(9-21-2)22-19-12/h3-7,15H,8-9H2,1-2H3,(H,17,20)/t15-/m0/s1. The highest BCUT2D eigenvalue weighted by Gasteiger charge is 2.39. The topological polar surface area (TPSA) is 77.2 Å². The molecule has 0 radical (unpaired) electrons. The van der Waals surface area contributed by atoms with Gasteiger partial charge in [-0.25, -0.2) is 0 Å². The van der Waals surface area contributed by atoms with Gasteiger partial charge in [0.2, 0.25) is 5.91 Å². The van der Waals surface area contributed by atoms with E-state index in [0.29, 0.717) is 11.7 Å². The Kier molecular flexibility index (Phi) is 4.02. The van der Waals surface area contributed by atoms with Crippen LogP contribution in [0.5, 0.6) is 0 Å². The fourth-order valence-electron chi connectivity index (χ4n) is 2.48. The molecule has 0 saturated heterocycles. The van der Waals surface area contributed by atoms with Crippen molar-refractivity contribution in [3.8, 4) is 0 Å². The Hall–Kier alpha value is -2.47. The minimum Gasteiger partial charge on any atom is -0.375 e. The summed E-state index contributed by atoms with van der Waals surface area (Å²) in [6.45, 7) is 2.50. The first kappa shape index (κ1) is 14.5. The van der Waals surface area contributed by atoms with Crippen LogP contribution >= 0.6 is 0 Å². The van der Waals surface area contributed by atoms with Gasteiger partial charge in [0, 0.05) is 7.11 Å². The zero-order valence-corrected chi connectivity index (χ0v) is 12.5. The number of benzene rings is 1. The van der Waals surface area contributed by atoms with E-state index in [4.69, 9.17) is 9.26 Å². The van der Waals surface area contributed by atoms with Crippen LogP contribution in [-0.2, 0) is 22.7 Å². The molecule has 1 aliphatic rings. The first-order chi connectivity index (χ1) is 10.7. The van der Waals surface area contributed by atoms with Crippen LogP contribution < -0.4 is 5.32 Å². The molecule has 0 fully saturated rings. The average molecular weight is 299 g/mol. The van der Waals surface area contributed by atoms with Crippen LogP contribution in [0.1, 0.15) is 24.2 Å². The zero-order valence-electron chi connectivity index (χ0n) is 12.5. The van der Waals surface area contributed by atoms with Crippen molar-refractivity contribution in [1.82, 2.24) is 15.5 Å². The number of methoxy groups -OCH3 is 1. The molecule has 2 aromatic rings. The molecule has 3 rings (SSSR count). The molecule has 1 aromatic heterocycles. The Balaban J connectivity index is 1.55. The monoisotopic (exact) mass is 299 g/mol. The first-order valence-corrected chi connectivity index (χ1v) is 7.05. The van der Waals surface area contributed by atoms with Gasteiger partial charge in [-0.2, -0.15) is 4.98 Å². The lowest BCUT2D eigenvalue weighted by Gasteiger charge is -2.03. The summed E-state index contributed by atoms with van der Waals surface area (Å²) in [5.41, 5.74) is 3.31. The molecule has 6 heteroatoms. The lowest BCUT2D eigenvalue weighted by atomic mass is 10.1. The number of nitrogens with zero attached hydrogens (tertiary/aromatic N) is 2. The molecule has 1 aromatic carbocycles. The zero-order chi connectivity index (χ0) is 15.5. The Bertz CT molecular complexity index is 706. The Labute approximate surface area is 128 Å². The van der Waals surface area contributed by atoms with Crippen molar-refractivity contribution in [1.29, 1.82) is 0 Å². The Morgan fingerprint density at radius 3 is 2.86 bits per heavy atom. The fourth-order valence-corrected chi connectivity index (χ4v) is 2.48. The minimum atomic E-state index is -0.146. The van der Waals surface area contributed by atoms with E-state index < -0.39 is 0 Å². The molecule has 0 spiro atoms. The van der Waals surface area contributed by atoms with Crippen LogP contribution in [0.4, 0.5) is 0 Å². The summed E-state index contributed by atoms with van der Waals surface area (Å²) in [5, 5.41) is 6.63. The molecule has 114 valence electrons. The summed E-state index contributed by atoms with van der Waals surface area (Å²) < 4.78 is 9.88. The number of hydrogen-bond acceptors (Lipinski definition) is 5. The van der Waals surface area contributed by atoms with Gasteiger partial charge in [0.05, 0.1) is 12.5 Å². The summed E-state index contributed by atoms with van der Waals surface area (Å²) in [4.78, 5) is 16.4. The fraction of sp³-hybridized carbons (Fsp3) is 0.312. The third-order valence-electron chi connectivity index (χ3n) is 3.61. The average Bonchev–Trinajstić information content (AvgIpc) is 3.00. The van der Waals surface area contributed by atoms with Crippen molar-refractivity contribution >= 4 is 11.5 Å².